The van der Waals surface area contributed by atoms with Gasteiger partial charge in [0.05, 0.1) is 0 Å². The summed E-state index contributed by atoms with van der Waals surface area (Å²) in [6.07, 6.45) is 3.21. The summed E-state index contributed by atoms with van der Waals surface area (Å²) < 4.78 is 0. The first kappa shape index (κ1) is 11.9. The van der Waals surface area contributed by atoms with Crippen molar-refractivity contribution < 1.29 is 4.79 Å². The standard InChI is InChI=1S/C12H23N3O/c1-10(7-14-4-2-3-5-14)8-15-9-11(13)6-12(15)16/h10-11H,2-9,13H2,1H3. The molecule has 4 heteroatoms. The Morgan fingerprint density at radius 2 is 2.06 bits per heavy atom. The summed E-state index contributed by atoms with van der Waals surface area (Å²) in [6, 6.07) is 0.0616. The van der Waals surface area contributed by atoms with E-state index >= 15 is 0 Å². The van der Waals surface area contributed by atoms with E-state index in [4.69, 9.17) is 5.73 Å². The number of hydrogen-bond donors (Lipinski definition) is 1. The molecule has 2 N–H and O–H groups in total. The van der Waals surface area contributed by atoms with Crippen LogP contribution in [0.3, 0.4) is 0 Å². The van der Waals surface area contributed by atoms with Gasteiger partial charge in [0, 0.05) is 32.1 Å². The van der Waals surface area contributed by atoms with Crippen LogP contribution in [-0.2, 0) is 4.79 Å². The van der Waals surface area contributed by atoms with E-state index in [1.54, 1.807) is 0 Å². The van der Waals surface area contributed by atoms with Crippen LogP contribution in [0.5, 0.6) is 0 Å². The zero-order valence-electron chi connectivity index (χ0n) is 10.2. The van der Waals surface area contributed by atoms with E-state index in [0.717, 1.165) is 19.6 Å². The van der Waals surface area contributed by atoms with E-state index in [9.17, 15) is 4.79 Å². The molecule has 2 saturated heterocycles. The SMILES string of the molecule is CC(CN1CCCC1)CN1CC(N)CC1=O. The maximum atomic E-state index is 11.6. The van der Waals surface area contributed by atoms with Gasteiger partial charge in [-0.05, 0) is 31.8 Å². The van der Waals surface area contributed by atoms with Crippen LogP contribution in [0.4, 0.5) is 0 Å². The van der Waals surface area contributed by atoms with Gasteiger partial charge in [-0.25, -0.2) is 0 Å². The van der Waals surface area contributed by atoms with Crippen LogP contribution in [0.1, 0.15) is 26.2 Å². The molecular weight excluding hydrogens is 202 g/mol. The molecule has 2 atom stereocenters. The predicted molar refractivity (Wildman–Crippen MR) is 64.0 cm³/mol. The molecule has 2 unspecified atom stereocenters. The van der Waals surface area contributed by atoms with Gasteiger partial charge in [0.15, 0.2) is 0 Å². The van der Waals surface area contributed by atoms with Crippen LogP contribution >= 0.6 is 0 Å². The highest BCUT2D eigenvalue weighted by Gasteiger charge is 2.28. The topological polar surface area (TPSA) is 49.6 Å². The number of hydrogen-bond acceptors (Lipinski definition) is 3. The Bertz CT molecular complexity index is 251. The van der Waals surface area contributed by atoms with E-state index in [-0.39, 0.29) is 11.9 Å². The van der Waals surface area contributed by atoms with Crippen LogP contribution in [-0.4, -0.2) is 54.5 Å². The Hall–Kier alpha value is -0.610. The number of carbonyl (C=O) groups excluding carboxylic acids is 1. The lowest BCUT2D eigenvalue weighted by Gasteiger charge is -2.25. The summed E-state index contributed by atoms with van der Waals surface area (Å²) in [5.74, 6) is 0.799. The Morgan fingerprint density at radius 1 is 1.38 bits per heavy atom. The summed E-state index contributed by atoms with van der Waals surface area (Å²) >= 11 is 0. The maximum Gasteiger partial charge on any atom is 0.224 e. The van der Waals surface area contributed by atoms with Crippen LogP contribution < -0.4 is 5.73 Å². The van der Waals surface area contributed by atoms with Crippen molar-refractivity contribution in [2.75, 3.05) is 32.7 Å². The Balaban J connectivity index is 1.73. The van der Waals surface area contributed by atoms with Crippen molar-refractivity contribution in [2.24, 2.45) is 11.7 Å². The molecule has 0 aliphatic carbocycles. The third-order valence-electron chi connectivity index (χ3n) is 3.55. The van der Waals surface area contributed by atoms with Crippen molar-refractivity contribution in [1.82, 2.24) is 9.80 Å². The highest BCUT2D eigenvalue weighted by Crippen LogP contribution is 2.14. The smallest absolute Gasteiger partial charge is 0.224 e. The van der Waals surface area contributed by atoms with Gasteiger partial charge in [-0.2, -0.15) is 0 Å². The molecule has 2 aliphatic rings. The largest absolute Gasteiger partial charge is 0.341 e. The molecule has 0 aromatic rings. The Morgan fingerprint density at radius 3 is 2.62 bits per heavy atom. The van der Waals surface area contributed by atoms with Gasteiger partial charge in [-0.15, -0.1) is 0 Å². The number of rotatable bonds is 4. The maximum absolute atomic E-state index is 11.6. The van der Waals surface area contributed by atoms with Gasteiger partial charge in [0.25, 0.3) is 0 Å². The minimum atomic E-state index is 0.0616. The molecular formula is C12H23N3O. The second-order valence-corrected chi connectivity index (χ2v) is 5.38. The molecule has 0 bridgehead atoms. The predicted octanol–water partition coefficient (Wildman–Crippen LogP) is 0.278. The van der Waals surface area contributed by atoms with E-state index in [1.807, 2.05) is 4.90 Å². The molecule has 2 fully saturated rings. The van der Waals surface area contributed by atoms with Gasteiger partial charge < -0.3 is 15.5 Å². The molecule has 0 spiro atoms. The fourth-order valence-electron chi connectivity index (χ4n) is 2.82. The minimum Gasteiger partial charge on any atom is -0.341 e. The zero-order chi connectivity index (χ0) is 11.5. The first-order valence-corrected chi connectivity index (χ1v) is 6.41. The highest BCUT2D eigenvalue weighted by molar-refractivity contribution is 5.79. The quantitative estimate of drug-likeness (QED) is 0.747. The molecule has 2 aliphatic heterocycles. The van der Waals surface area contributed by atoms with Gasteiger partial charge >= 0.3 is 0 Å². The summed E-state index contributed by atoms with van der Waals surface area (Å²) in [4.78, 5) is 16.0. The second kappa shape index (κ2) is 5.15. The average molecular weight is 225 g/mol. The Kier molecular flexibility index (Phi) is 3.82. The lowest BCUT2D eigenvalue weighted by atomic mass is 10.1. The summed E-state index contributed by atoms with van der Waals surface area (Å²) in [7, 11) is 0. The zero-order valence-corrected chi connectivity index (χ0v) is 10.2. The van der Waals surface area contributed by atoms with E-state index < -0.39 is 0 Å². The Labute approximate surface area is 97.8 Å². The normalized spacial score (nSPS) is 29.0. The number of amides is 1. The number of nitrogens with zero attached hydrogens (tertiary/aromatic N) is 2. The molecule has 1 amide bonds. The molecule has 0 aromatic carbocycles. The average Bonchev–Trinajstić information content (AvgIpc) is 2.78. The van der Waals surface area contributed by atoms with Crippen molar-refractivity contribution in [1.29, 1.82) is 0 Å². The van der Waals surface area contributed by atoms with Gasteiger partial charge in [0.2, 0.25) is 5.91 Å². The lowest BCUT2D eigenvalue weighted by molar-refractivity contribution is -0.128. The highest BCUT2D eigenvalue weighted by atomic mass is 16.2. The summed E-state index contributed by atoms with van der Waals surface area (Å²) in [5, 5.41) is 0. The van der Waals surface area contributed by atoms with Crippen LogP contribution in [0, 0.1) is 5.92 Å². The number of carbonyl (C=O) groups is 1. The molecule has 0 saturated carbocycles. The van der Waals surface area contributed by atoms with Crippen molar-refractivity contribution in [3.8, 4) is 0 Å². The van der Waals surface area contributed by atoms with E-state index in [0.29, 0.717) is 12.3 Å². The minimum absolute atomic E-state index is 0.0616. The van der Waals surface area contributed by atoms with E-state index in [2.05, 4.69) is 11.8 Å². The van der Waals surface area contributed by atoms with Gasteiger partial charge in [-0.1, -0.05) is 6.92 Å². The third kappa shape index (κ3) is 2.95. The molecule has 0 radical (unpaired) electrons. The number of likely N-dealkylation sites (tertiary alicyclic amines) is 2. The summed E-state index contributed by atoms with van der Waals surface area (Å²) in [5.41, 5.74) is 5.78. The van der Waals surface area contributed by atoms with Gasteiger partial charge in [0.1, 0.15) is 0 Å². The monoisotopic (exact) mass is 225 g/mol. The van der Waals surface area contributed by atoms with E-state index in [1.165, 1.54) is 25.9 Å². The lowest BCUT2D eigenvalue weighted by Crippen LogP contribution is -2.36. The molecule has 92 valence electrons. The molecule has 2 rings (SSSR count). The molecule has 4 nitrogen and oxygen atoms in total. The first-order chi connectivity index (χ1) is 7.65. The van der Waals surface area contributed by atoms with Crippen molar-refractivity contribution in [3.63, 3.8) is 0 Å². The van der Waals surface area contributed by atoms with Crippen molar-refractivity contribution >= 4 is 5.91 Å². The van der Waals surface area contributed by atoms with Gasteiger partial charge in [-0.3, -0.25) is 4.79 Å². The molecule has 16 heavy (non-hydrogen) atoms. The molecule has 0 aromatic heterocycles. The fourth-order valence-corrected chi connectivity index (χ4v) is 2.82. The summed E-state index contributed by atoms with van der Waals surface area (Å²) in [6.45, 7) is 7.45. The first-order valence-electron chi connectivity index (χ1n) is 6.41. The van der Waals surface area contributed by atoms with Crippen molar-refractivity contribution in [3.05, 3.63) is 0 Å². The van der Waals surface area contributed by atoms with Crippen LogP contribution in [0.2, 0.25) is 0 Å². The molecule has 2 heterocycles. The number of nitrogens with two attached hydrogens (primary N) is 1. The van der Waals surface area contributed by atoms with Crippen LogP contribution in [0.25, 0.3) is 0 Å². The second-order valence-electron chi connectivity index (χ2n) is 5.38. The van der Waals surface area contributed by atoms with Crippen LogP contribution in [0.15, 0.2) is 0 Å². The van der Waals surface area contributed by atoms with Crippen molar-refractivity contribution in [2.45, 2.75) is 32.2 Å². The fraction of sp³-hybridized carbons (Fsp3) is 0.917. The third-order valence-corrected chi connectivity index (χ3v) is 3.55.